The Hall–Kier alpha value is -1.07. The second kappa shape index (κ2) is 3.76. The van der Waals surface area contributed by atoms with Crippen LogP contribution in [0.2, 0.25) is 0 Å². The number of hydrogen-bond acceptors (Lipinski definition) is 3. The Bertz CT molecular complexity index is 303. The van der Waals surface area contributed by atoms with Crippen LogP contribution in [-0.2, 0) is 5.54 Å². The van der Waals surface area contributed by atoms with Crippen molar-refractivity contribution in [3.63, 3.8) is 0 Å². The Morgan fingerprint density at radius 3 is 2.46 bits per heavy atom. The second-order valence-corrected chi connectivity index (χ2v) is 3.03. The highest BCUT2D eigenvalue weighted by molar-refractivity contribution is 4.91. The number of hydrogen-bond donors (Lipinski definition) is 3. The van der Waals surface area contributed by atoms with E-state index in [0.29, 0.717) is 6.42 Å². The molecule has 1 aromatic rings. The Morgan fingerprint density at radius 2 is 2.15 bits per heavy atom. The van der Waals surface area contributed by atoms with Gasteiger partial charge in [0.2, 0.25) is 0 Å². The van der Waals surface area contributed by atoms with Crippen molar-refractivity contribution < 1.29 is 10.2 Å². The van der Waals surface area contributed by atoms with Crippen LogP contribution in [0.1, 0.15) is 13.3 Å². The largest absolute Gasteiger partial charge is 0.394 e. The molecule has 5 heteroatoms. The van der Waals surface area contributed by atoms with Crippen molar-refractivity contribution in [1.29, 1.82) is 0 Å². The van der Waals surface area contributed by atoms with Gasteiger partial charge in [-0.3, -0.25) is 4.57 Å². The first-order valence-corrected chi connectivity index (χ1v) is 4.18. The first-order valence-electron chi connectivity index (χ1n) is 4.18. The fraction of sp³-hybridized carbons (Fsp3) is 0.625. The maximum Gasteiger partial charge on any atom is 0.326 e. The van der Waals surface area contributed by atoms with Gasteiger partial charge in [0.1, 0.15) is 0 Å². The fourth-order valence-corrected chi connectivity index (χ4v) is 1.29. The highest BCUT2D eigenvalue weighted by Crippen LogP contribution is 2.16. The maximum absolute atomic E-state index is 11.2. The Balaban J connectivity index is 3.15. The van der Waals surface area contributed by atoms with Gasteiger partial charge >= 0.3 is 5.69 Å². The van der Waals surface area contributed by atoms with Crippen LogP contribution in [0.5, 0.6) is 0 Å². The summed E-state index contributed by atoms with van der Waals surface area (Å²) in [5.41, 5.74) is -1.19. The number of aromatic amines is 1. The van der Waals surface area contributed by atoms with Gasteiger partial charge in [0.25, 0.3) is 0 Å². The third kappa shape index (κ3) is 1.52. The summed E-state index contributed by atoms with van der Waals surface area (Å²) in [6.45, 7) is 1.31. The van der Waals surface area contributed by atoms with Crippen molar-refractivity contribution in [3.8, 4) is 0 Å². The molecule has 1 rings (SSSR count). The van der Waals surface area contributed by atoms with Crippen LogP contribution in [0.15, 0.2) is 17.2 Å². The summed E-state index contributed by atoms with van der Waals surface area (Å²) in [6, 6.07) is 0. The lowest BCUT2D eigenvalue weighted by molar-refractivity contribution is 0.0573. The predicted octanol–water partition coefficient (Wildman–Crippen LogP) is -0.734. The van der Waals surface area contributed by atoms with Crippen molar-refractivity contribution in [2.45, 2.75) is 18.9 Å². The molecule has 0 amide bonds. The molecule has 0 unspecified atom stereocenters. The van der Waals surface area contributed by atoms with Crippen molar-refractivity contribution in [3.05, 3.63) is 22.9 Å². The molecule has 5 nitrogen and oxygen atoms in total. The number of aliphatic hydroxyl groups is 2. The molecule has 0 aromatic carbocycles. The standard InChI is InChI=1S/C8H14N2O3/c1-2-8(5-11,6-12)10-4-3-9-7(10)13/h3-4,11-12H,2,5-6H2,1H3,(H,9,13). The van der Waals surface area contributed by atoms with Gasteiger partial charge in [-0.15, -0.1) is 0 Å². The molecule has 0 fully saturated rings. The highest BCUT2D eigenvalue weighted by Gasteiger charge is 2.29. The number of imidazole rings is 1. The normalized spacial score (nSPS) is 11.9. The number of H-pyrrole nitrogens is 1. The smallest absolute Gasteiger partial charge is 0.326 e. The van der Waals surface area contributed by atoms with E-state index < -0.39 is 5.54 Å². The molecule has 1 aromatic heterocycles. The number of nitrogens with one attached hydrogen (secondary N) is 1. The Morgan fingerprint density at radius 1 is 1.54 bits per heavy atom. The lowest BCUT2D eigenvalue weighted by Crippen LogP contribution is -2.45. The molecule has 1 heterocycles. The van der Waals surface area contributed by atoms with Crippen LogP contribution in [-0.4, -0.2) is 33.0 Å². The number of nitrogens with zero attached hydrogens (tertiary/aromatic N) is 1. The second-order valence-electron chi connectivity index (χ2n) is 3.03. The van der Waals surface area contributed by atoms with E-state index in [1.54, 1.807) is 0 Å². The van der Waals surface area contributed by atoms with E-state index in [1.807, 2.05) is 6.92 Å². The summed E-state index contributed by atoms with van der Waals surface area (Å²) >= 11 is 0. The molecule has 0 aliphatic rings. The van der Waals surface area contributed by atoms with Crippen molar-refractivity contribution in [2.24, 2.45) is 0 Å². The van der Waals surface area contributed by atoms with E-state index in [4.69, 9.17) is 10.2 Å². The predicted molar refractivity (Wildman–Crippen MR) is 47.5 cm³/mol. The van der Waals surface area contributed by atoms with E-state index in [0.717, 1.165) is 0 Å². The summed E-state index contributed by atoms with van der Waals surface area (Å²) in [4.78, 5) is 13.7. The van der Waals surface area contributed by atoms with Crippen LogP contribution in [0.25, 0.3) is 0 Å². The quantitative estimate of drug-likeness (QED) is 0.580. The third-order valence-corrected chi connectivity index (χ3v) is 2.41. The van der Waals surface area contributed by atoms with Gasteiger partial charge in [0, 0.05) is 12.4 Å². The third-order valence-electron chi connectivity index (χ3n) is 2.41. The zero-order valence-corrected chi connectivity index (χ0v) is 7.53. The summed E-state index contributed by atoms with van der Waals surface area (Å²) in [5, 5.41) is 18.3. The molecular formula is C8H14N2O3. The van der Waals surface area contributed by atoms with Gasteiger partial charge in [0.15, 0.2) is 0 Å². The van der Waals surface area contributed by atoms with Gasteiger partial charge in [-0.1, -0.05) is 6.92 Å². The Labute approximate surface area is 75.6 Å². The molecular weight excluding hydrogens is 172 g/mol. The first-order chi connectivity index (χ1) is 6.20. The fourth-order valence-electron chi connectivity index (χ4n) is 1.29. The monoisotopic (exact) mass is 186 g/mol. The average Bonchev–Trinajstić information content (AvgIpc) is 2.57. The molecule has 13 heavy (non-hydrogen) atoms. The molecule has 0 saturated carbocycles. The number of rotatable bonds is 4. The van der Waals surface area contributed by atoms with Gasteiger partial charge in [-0.2, -0.15) is 0 Å². The molecule has 3 N–H and O–H groups in total. The lowest BCUT2D eigenvalue weighted by atomic mass is 9.98. The lowest BCUT2D eigenvalue weighted by Gasteiger charge is -2.28. The van der Waals surface area contributed by atoms with E-state index in [9.17, 15) is 4.79 Å². The first kappa shape index (κ1) is 10.0. The average molecular weight is 186 g/mol. The minimum atomic E-state index is -0.878. The van der Waals surface area contributed by atoms with E-state index >= 15 is 0 Å². The van der Waals surface area contributed by atoms with Gasteiger partial charge in [0.05, 0.1) is 18.8 Å². The van der Waals surface area contributed by atoms with Crippen LogP contribution in [0.3, 0.4) is 0 Å². The summed E-state index contributed by atoms with van der Waals surface area (Å²) in [7, 11) is 0. The molecule has 0 radical (unpaired) electrons. The molecule has 0 aliphatic heterocycles. The van der Waals surface area contributed by atoms with Gasteiger partial charge in [-0.05, 0) is 6.42 Å². The minimum Gasteiger partial charge on any atom is -0.394 e. The molecule has 0 atom stereocenters. The van der Waals surface area contributed by atoms with E-state index in [1.165, 1.54) is 17.0 Å². The van der Waals surface area contributed by atoms with Crippen LogP contribution < -0.4 is 5.69 Å². The highest BCUT2D eigenvalue weighted by atomic mass is 16.3. The number of aliphatic hydroxyl groups excluding tert-OH is 2. The summed E-state index contributed by atoms with van der Waals surface area (Å²) in [6.07, 6.45) is 3.51. The van der Waals surface area contributed by atoms with Crippen LogP contribution >= 0.6 is 0 Å². The molecule has 0 aliphatic carbocycles. The maximum atomic E-state index is 11.2. The summed E-state index contributed by atoms with van der Waals surface area (Å²) in [5.74, 6) is 0. The molecule has 0 spiro atoms. The van der Waals surface area contributed by atoms with E-state index in [-0.39, 0.29) is 18.9 Å². The van der Waals surface area contributed by atoms with Crippen molar-refractivity contribution in [2.75, 3.05) is 13.2 Å². The zero-order valence-electron chi connectivity index (χ0n) is 7.53. The molecule has 0 bridgehead atoms. The summed E-state index contributed by atoms with van der Waals surface area (Å²) < 4.78 is 1.33. The zero-order chi connectivity index (χ0) is 9.90. The number of aromatic nitrogens is 2. The van der Waals surface area contributed by atoms with Crippen LogP contribution in [0, 0.1) is 0 Å². The molecule has 74 valence electrons. The topological polar surface area (TPSA) is 78.2 Å². The molecule has 0 saturated heterocycles. The van der Waals surface area contributed by atoms with Crippen LogP contribution in [0.4, 0.5) is 0 Å². The SMILES string of the molecule is CCC(CO)(CO)n1cc[nH]c1=O. The minimum absolute atomic E-state index is 0.252. The van der Waals surface area contributed by atoms with Gasteiger partial charge in [-0.25, -0.2) is 4.79 Å². The Kier molecular flexibility index (Phi) is 2.90. The van der Waals surface area contributed by atoms with Gasteiger partial charge < -0.3 is 15.2 Å². The van der Waals surface area contributed by atoms with Crippen molar-refractivity contribution >= 4 is 0 Å². The van der Waals surface area contributed by atoms with E-state index in [2.05, 4.69) is 4.98 Å². The van der Waals surface area contributed by atoms with Crippen molar-refractivity contribution in [1.82, 2.24) is 9.55 Å².